The molecular formula is C17H18N4O4. The number of carbonyl (C=O) groups is 2. The maximum Gasteiger partial charge on any atom is 0.267 e. The molecule has 0 saturated carbocycles. The molecule has 3 heterocycles. The fraction of sp³-hybridized carbons (Fsp3) is 0.353. The molecule has 2 amide bonds. The molecule has 130 valence electrons. The molecular weight excluding hydrogens is 324 g/mol. The first-order chi connectivity index (χ1) is 12.1. The van der Waals surface area contributed by atoms with Gasteiger partial charge in [-0.3, -0.25) is 9.59 Å². The topological polar surface area (TPSA) is 99.7 Å². The molecule has 0 spiro atoms. The number of hydrogen-bond acceptors (Lipinski definition) is 5. The Balaban J connectivity index is 1.79. The van der Waals surface area contributed by atoms with Crippen LogP contribution in [-0.2, 0) is 22.6 Å². The number of likely N-dealkylation sites (N-methyl/N-ethyl adjacent to an activating group) is 1. The van der Waals surface area contributed by atoms with E-state index in [-0.39, 0.29) is 18.2 Å². The van der Waals surface area contributed by atoms with E-state index in [0.29, 0.717) is 36.8 Å². The predicted octanol–water partition coefficient (Wildman–Crippen LogP) is 0.651. The minimum absolute atomic E-state index is 0.0713. The third-order valence-corrected chi connectivity index (χ3v) is 4.59. The van der Waals surface area contributed by atoms with Crippen molar-refractivity contribution in [3.63, 3.8) is 0 Å². The third-order valence-electron chi connectivity index (χ3n) is 4.59. The lowest BCUT2D eigenvalue weighted by Crippen LogP contribution is -2.37. The quantitative estimate of drug-likeness (QED) is 0.864. The maximum absolute atomic E-state index is 13.0. The molecule has 1 aromatic heterocycles. The second kappa shape index (κ2) is 5.89. The van der Waals surface area contributed by atoms with Crippen molar-refractivity contribution in [1.29, 1.82) is 0 Å². The van der Waals surface area contributed by atoms with Crippen LogP contribution in [0.5, 0.6) is 5.75 Å². The fourth-order valence-electron chi connectivity index (χ4n) is 3.34. The summed E-state index contributed by atoms with van der Waals surface area (Å²) in [6.07, 6.45) is 0.547. The zero-order chi connectivity index (χ0) is 17.6. The van der Waals surface area contributed by atoms with Gasteiger partial charge in [0, 0.05) is 19.0 Å². The molecule has 1 aromatic carbocycles. The second-order valence-corrected chi connectivity index (χ2v) is 6.08. The first-order valence-electron chi connectivity index (χ1n) is 8.05. The lowest BCUT2D eigenvalue weighted by atomic mass is 10.1. The number of fused-ring (bicyclic) bond motifs is 2. The van der Waals surface area contributed by atoms with E-state index in [0.717, 1.165) is 5.56 Å². The van der Waals surface area contributed by atoms with Crippen LogP contribution in [0.4, 0.5) is 5.69 Å². The Hall–Kier alpha value is -2.87. The van der Waals surface area contributed by atoms with Crippen LogP contribution in [0.15, 0.2) is 24.3 Å². The number of amides is 2. The van der Waals surface area contributed by atoms with Gasteiger partial charge in [-0.1, -0.05) is 12.1 Å². The number of para-hydroxylation sites is 2. The highest BCUT2D eigenvalue weighted by Gasteiger charge is 2.35. The maximum atomic E-state index is 13.0. The lowest BCUT2D eigenvalue weighted by molar-refractivity contribution is -0.122. The van der Waals surface area contributed by atoms with Gasteiger partial charge in [0.05, 0.1) is 24.6 Å². The highest BCUT2D eigenvalue weighted by molar-refractivity contribution is 5.99. The number of primary amides is 1. The van der Waals surface area contributed by atoms with Crippen molar-refractivity contribution in [2.75, 3.05) is 25.2 Å². The Kier molecular flexibility index (Phi) is 3.69. The van der Waals surface area contributed by atoms with Gasteiger partial charge < -0.3 is 20.1 Å². The van der Waals surface area contributed by atoms with Gasteiger partial charge >= 0.3 is 0 Å². The fourth-order valence-corrected chi connectivity index (χ4v) is 3.34. The summed E-state index contributed by atoms with van der Waals surface area (Å²) in [5.41, 5.74) is 7.94. The summed E-state index contributed by atoms with van der Waals surface area (Å²) in [6, 6.07) is 6.53. The molecule has 0 aliphatic carbocycles. The largest absolute Gasteiger partial charge is 0.489 e. The SMILES string of the molecule is CN1C(=O)[C@@H](n2nc3c(c2C(N)=O)CCOC3)COc2ccccc21. The number of ether oxygens (including phenoxy) is 2. The molecule has 2 aliphatic rings. The highest BCUT2D eigenvalue weighted by atomic mass is 16.5. The number of benzene rings is 1. The van der Waals surface area contributed by atoms with E-state index in [2.05, 4.69) is 5.10 Å². The molecule has 0 unspecified atom stereocenters. The summed E-state index contributed by atoms with van der Waals surface area (Å²) in [6.45, 7) is 0.877. The van der Waals surface area contributed by atoms with Crippen LogP contribution in [0.2, 0.25) is 0 Å². The van der Waals surface area contributed by atoms with Crippen LogP contribution < -0.4 is 15.4 Å². The number of rotatable bonds is 2. The molecule has 0 bridgehead atoms. The molecule has 0 saturated heterocycles. The van der Waals surface area contributed by atoms with Gasteiger partial charge in [0.1, 0.15) is 18.1 Å². The van der Waals surface area contributed by atoms with E-state index in [4.69, 9.17) is 15.2 Å². The van der Waals surface area contributed by atoms with Gasteiger partial charge in [-0.2, -0.15) is 5.10 Å². The van der Waals surface area contributed by atoms with E-state index in [1.54, 1.807) is 13.1 Å². The first-order valence-corrected chi connectivity index (χ1v) is 8.05. The van der Waals surface area contributed by atoms with Crippen LogP contribution in [0, 0.1) is 0 Å². The molecule has 2 aliphatic heterocycles. The normalized spacial score (nSPS) is 19.6. The van der Waals surface area contributed by atoms with E-state index < -0.39 is 11.9 Å². The number of carbonyl (C=O) groups excluding carboxylic acids is 2. The number of nitrogens with two attached hydrogens (primary N) is 1. The molecule has 0 fully saturated rings. The van der Waals surface area contributed by atoms with Gasteiger partial charge in [-0.25, -0.2) is 4.68 Å². The zero-order valence-corrected chi connectivity index (χ0v) is 13.8. The lowest BCUT2D eigenvalue weighted by Gasteiger charge is -2.20. The summed E-state index contributed by atoms with van der Waals surface area (Å²) < 4.78 is 12.6. The Labute approximate surface area is 144 Å². The minimum Gasteiger partial charge on any atom is -0.489 e. The zero-order valence-electron chi connectivity index (χ0n) is 13.8. The average molecular weight is 342 g/mol. The number of aromatic nitrogens is 2. The summed E-state index contributed by atoms with van der Waals surface area (Å²) in [4.78, 5) is 26.6. The molecule has 2 N–H and O–H groups in total. The van der Waals surface area contributed by atoms with E-state index >= 15 is 0 Å². The molecule has 8 nitrogen and oxygen atoms in total. The smallest absolute Gasteiger partial charge is 0.267 e. The van der Waals surface area contributed by atoms with Crippen molar-refractivity contribution < 1.29 is 19.1 Å². The second-order valence-electron chi connectivity index (χ2n) is 6.08. The van der Waals surface area contributed by atoms with Gasteiger partial charge in [-0.05, 0) is 12.1 Å². The van der Waals surface area contributed by atoms with Gasteiger partial charge in [0.2, 0.25) is 0 Å². The van der Waals surface area contributed by atoms with E-state index in [1.165, 1.54) is 9.58 Å². The standard InChI is InChI=1S/C17H18N4O4/c1-20-12-4-2-3-5-14(12)25-9-13(17(20)23)21-15(16(18)22)10-6-7-24-8-11(10)19-21/h2-5,13H,6-9H2,1H3,(H2,18,22)/t13-/m0/s1. The summed E-state index contributed by atoms with van der Waals surface area (Å²) >= 11 is 0. The van der Waals surface area contributed by atoms with Crippen LogP contribution in [0.25, 0.3) is 0 Å². The van der Waals surface area contributed by atoms with Crippen LogP contribution >= 0.6 is 0 Å². The average Bonchev–Trinajstić information content (AvgIpc) is 2.95. The van der Waals surface area contributed by atoms with Crippen LogP contribution in [-0.4, -0.2) is 41.9 Å². The van der Waals surface area contributed by atoms with E-state index in [9.17, 15) is 9.59 Å². The van der Waals surface area contributed by atoms with E-state index in [1.807, 2.05) is 18.2 Å². The minimum atomic E-state index is -0.773. The summed E-state index contributed by atoms with van der Waals surface area (Å²) in [7, 11) is 1.68. The van der Waals surface area contributed by atoms with Crippen molar-refractivity contribution in [3.8, 4) is 5.75 Å². The molecule has 4 rings (SSSR count). The monoisotopic (exact) mass is 342 g/mol. The van der Waals surface area contributed by atoms with Crippen LogP contribution in [0.1, 0.15) is 27.8 Å². The van der Waals surface area contributed by atoms with Crippen molar-refractivity contribution in [2.45, 2.75) is 19.1 Å². The molecule has 25 heavy (non-hydrogen) atoms. The molecule has 1 atom stereocenters. The first kappa shape index (κ1) is 15.6. The Morgan fingerprint density at radius 3 is 2.96 bits per heavy atom. The molecule has 8 heteroatoms. The number of nitrogens with zero attached hydrogens (tertiary/aromatic N) is 3. The van der Waals surface area contributed by atoms with Crippen molar-refractivity contribution in [1.82, 2.24) is 9.78 Å². The number of hydrogen-bond donors (Lipinski definition) is 1. The summed E-state index contributed by atoms with van der Waals surface area (Å²) in [5, 5.41) is 4.45. The van der Waals surface area contributed by atoms with Gasteiger partial charge in [0.25, 0.3) is 11.8 Å². The van der Waals surface area contributed by atoms with Crippen molar-refractivity contribution in [3.05, 3.63) is 41.2 Å². The molecule has 2 aromatic rings. The summed E-state index contributed by atoms with van der Waals surface area (Å²) in [5.74, 6) is -0.206. The Morgan fingerprint density at radius 2 is 2.16 bits per heavy atom. The Morgan fingerprint density at radius 1 is 1.36 bits per heavy atom. The van der Waals surface area contributed by atoms with Gasteiger partial charge in [-0.15, -0.1) is 0 Å². The van der Waals surface area contributed by atoms with Gasteiger partial charge in [0.15, 0.2) is 6.04 Å². The van der Waals surface area contributed by atoms with Crippen molar-refractivity contribution >= 4 is 17.5 Å². The van der Waals surface area contributed by atoms with Crippen LogP contribution in [0.3, 0.4) is 0 Å². The molecule has 0 radical (unpaired) electrons. The highest BCUT2D eigenvalue weighted by Crippen LogP contribution is 2.33. The predicted molar refractivity (Wildman–Crippen MR) is 88.5 cm³/mol. The van der Waals surface area contributed by atoms with Crippen molar-refractivity contribution in [2.24, 2.45) is 5.73 Å². The third kappa shape index (κ3) is 2.45. The Bertz CT molecular complexity index is 860. The number of anilines is 1.